The van der Waals surface area contributed by atoms with Crippen molar-refractivity contribution in [2.24, 2.45) is 5.92 Å². The van der Waals surface area contributed by atoms with Gasteiger partial charge in [0.25, 0.3) is 0 Å². The highest BCUT2D eigenvalue weighted by Gasteiger charge is 2.32. The first kappa shape index (κ1) is 22.6. The normalized spacial score (nSPS) is 19.2. The van der Waals surface area contributed by atoms with E-state index in [0.29, 0.717) is 12.1 Å². The molecular weight excluding hydrogens is 442 g/mol. The third kappa shape index (κ3) is 5.09. The number of para-hydroxylation sites is 1. The average Bonchev–Trinajstić information content (AvgIpc) is 3.16. The monoisotopic (exact) mass is 469 g/mol. The van der Waals surface area contributed by atoms with Gasteiger partial charge in [-0.2, -0.15) is 0 Å². The summed E-state index contributed by atoms with van der Waals surface area (Å²) >= 11 is 1.63. The molecule has 2 N–H and O–H groups in total. The number of nitrogens with zero attached hydrogens (tertiary/aromatic N) is 1. The molecule has 32 heavy (non-hydrogen) atoms. The molecule has 0 radical (unpaired) electrons. The van der Waals surface area contributed by atoms with Crippen molar-refractivity contribution in [3.8, 4) is 0 Å². The number of fused-ring (bicyclic) bond motifs is 1. The number of amides is 1. The number of nitrogens with one attached hydrogen (secondary N) is 2. The molecule has 2 unspecified atom stereocenters. The summed E-state index contributed by atoms with van der Waals surface area (Å²) in [5.74, 6) is -0.405. The molecule has 0 aliphatic heterocycles. The third-order valence-electron chi connectivity index (χ3n) is 5.25. The van der Waals surface area contributed by atoms with Crippen LogP contribution in [-0.2, 0) is 14.8 Å². The van der Waals surface area contributed by atoms with Crippen LogP contribution in [-0.4, -0.2) is 24.8 Å². The molecule has 1 aromatic heterocycles. The number of carbonyl (C=O) groups excluding carboxylic acids is 1. The largest absolute Gasteiger partial charge is 0.326 e. The van der Waals surface area contributed by atoms with E-state index in [9.17, 15) is 13.2 Å². The fraction of sp³-hybridized carbons (Fsp3) is 0.333. The molecule has 1 aliphatic rings. The Labute approximate surface area is 192 Å². The van der Waals surface area contributed by atoms with Gasteiger partial charge in [0, 0.05) is 17.1 Å². The molecule has 168 valence electrons. The molecule has 1 heterocycles. The van der Waals surface area contributed by atoms with Crippen molar-refractivity contribution in [1.82, 2.24) is 9.71 Å². The van der Waals surface area contributed by atoms with Crippen molar-refractivity contribution >= 4 is 43.2 Å². The lowest BCUT2D eigenvalue weighted by molar-refractivity contribution is -0.120. The number of anilines is 1. The average molecular weight is 470 g/mol. The molecule has 2 aromatic carbocycles. The van der Waals surface area contributed by atoms with Crippen LogP contribution in [0, 0.1) is 5.92 Å². The lowest BCUT2D eigenvalue weighted by Gasteiger charge is -2.26. The zero-order chi connectivity index (χ0) is 22.9. The van der Waals surface area contributed by atoms with Crippen molar-refractivity contribution in [1.29, 1.82) is 0 Å². The van der Waals surface area contributed by atoms with Crippen molar-refractivity contribution in [2.75, 3.05) is 5.32 Å². The van der Waals surface area contributed by atoms with Gasteiger partial charge in [0.2, 0.25) is 15.9 Å². The highest BCUT2D eigenvalue weighted by molar-refractivity contribution is 7.89. The van der Waals surface area contributed by atoms with Crippen LogP contribution in [0.4, 0.5) is 5.69 Å². The number of hydrogen-bond donors (Lipinski definition) is 2. The van der Waals surface area contributed by atoms with Gasteiger partial charge in [0.15, 0.2) is 0 Å². The summed E-state index contributed by atoms with van der Waals surface area (Å²) in [6.07, 6.45) is 5.51. The number of benzene rings is 2. The van der Waals surface area contributed by atoms with Crippen LogP contribution >= 0.6 is 11.3 Å². The van der Waals surface area contributed by atoms with Crippen LogP contribution in [0.2, 0.25) is 0 Å². The molecule has 0 saturated carbocycles. The number of aromatic nitrogens is 1. The number of rotatable bonds is 5. The summed E-state index contributed by atoms with van der Waals surface area (Å²) in [4.78, 5) is 18.1. The van der Waals surface area contributed by atoms with Gasteiger partial charge in [0.1, 0.15) is 0 Å². The Kier molecular flexibility index (Phi) is 6.20. The minimum absolute atomic E-state index is 0.00753. The second kappa shape index (κ2) is 8.77. The number of allylic oxidation sites excluding steroid dienone is 2. The van der Waals surface area contributed by atoms with Crippen molar-refractivity contribution in [3.63, 3.8) is 0 Å². The van der Waals surface area contributed by atoms with Crippen LogP contribution in [0.15, 0.2) is 65.6 Å². The predicted octanol–water partition coefficient (Wildman–Crippen LogP) is 5.06. The predicted molar refractivity (Wildman–Crippen MR) is 129 cm³/mol. The first-order chi connectivity index (χ1) is 15.1. The summed E-state index contributed by atoms with van der Waals surface area (Å²) in [6.45, 7) is 5.36. The minimum atomic E-state index is -3.69. The molecule has 1 aliphatic carbocycles. The molecule has 3 aromatic rings. The smallest absolute Gasteiger partial charge is 0.241 e. The Hall–Kier alpha value is -2.55. The quantitative estimate of drug-likeness (QED) is 0.511. The van der Waals surface area contributed by atoms with Crippen LogP contribution in [0.5, 0.6) is 0 Å². The van der Waals surface area contributed by atoms with E-state index < -0.39 is 15.6 Å². The summed E-state index contributed by atoms with van der Waals surface area (Å²) in [6, 6.07) is 14.4. The fourth-order valence-corrected chi connectivity index (χ4v) is 6.47. The van der Waals surface area contributed by atoms with Gasteiger partial charge >= 0.3 is 0 Å². The van der Waals surface area contributed by atoms with Crippen molar-refractivity contribution in [3.05, 3.63) is 65.7 Å². The fourth-order valence-electron chi connectivity index (χ4n) is 3.86. The Morgan fingerprint density at radius 1 is 1.06 bits per heavy atom. The van der Waals surface area contributed by atoms with Crippen LogP contribution < -0.4 is 10.0 Å². The van der Waals surface area contributed by atoms with Gasteiger partial charge in [-0.15, -0.1) is 11.3 Å². The van der Waals surface area contributed by atoms with E-state index in [4.69, 9.17) is 4.98 Å². The van der Waals surface area contributed by atoms with E-state index in [2.05, 4.69) is 16.1 Å². The van der Waals surface area contributed by atoms with Gasteiger partial charge in [0.05, 0.1) is 26.0 Å². The van der Waals surface area contributed by atoms with E-state index in [-0.39, 0.29) is 22.6 Å². The highest BCUT2D eigenvalue weighted by Crippen LogP contribution is 2.39. The summed E-state index contributed by atoms with van der Waals surface area (Å²) in [5.41, 5.74) is 0.812. The molecular formula is C24H27N3O3S2. The first-order valence-corrected chi connectivity index (χ1v) is 12.9. The van der Waals surface area contributed by atoms with Crippen molar-refractivity contribution < 1.29 is 13.2 Å². The summed E-state index contributed by atoms with van der Waals surface area (Å²) in [7, 11) is -3.69. The number of thiazole rings is 1. The molecule has 2 atom stereocenters. The van der Waals surface area contributed by atoms with E-state index >= 15 is 0 Å². The molecule has 0 saturated heterocycles. The minimum Gasteiger partial charge on any atom is -0.326 e. The lowest BCUT2D eigenvalue weighted by atomic mass is 9.82. The Balaban J connectivity index is 1.55. The van der Waals surface area contributed by atoms with Gasteiger partial charge < -0.3 is 5.32 Å². The number of hydrogen-bond acceptors (Lipinski definition) is 5. The third-order valence-corrected chi connectivity index (χ3v) is 8.17. The topological polar surface area (TPSA) is 88.2 Å². The lowest BCUT2D eigenvalue weighted by Crippen LogP contribution is -2.40. The molecule has 0 fully saturated rings. The van der Waals surface area contributed by atoms with Gasteiger partial charge in [-0.05, 0) is 63.9 Å². The maximum Gasteiger partial charge on any atom is 0.241 e. The van der Waals surface area contributed by atoms with Crippen LogP contribution in [0.25, 0.3) is 10.2 Å². The van der Waals surface area contributed by atoms with Gasteiger partial charge in [-0.3, -0.25) is 4.79 Å². The molecule has 8 heteroatoms. The Morgan fingerprint density at radius 3 is 2.56 bits per heavy atom. The van der Waals surface area contributed by atoms with E-state index in [0.717, 1.165) is 21.6 Å². The standard InChI is InChI=1S/C24H27N3O3S2/c1-24(2,3)27-32(29,30)17-10-8-9-16(15-17)25-22(28)18-11-4-5-12-19(18)23-26-20-13-6-7-14-21(20)31-23/h4-10,13-15,18-19,27H,11-12H2,1-3H3,(H,25,28). The maximum atomic E-state index is 13.2. The Morgan fingerprint density at radius 2 is 1.81 bits per heavy atom. The zero-order valence-corrected chi connectivity index (χ0v) is 20.0. The molecule has 6 nitrogen and oxygen atoms in total. The zero-order valence-electron chi connectivity index (χ0n) is 18.3. The number of carbonyl (C=O) groups is 1. The number of sulfonamides is 1. The van der Waals surface area contributed by atoms with E-state index in [1.807, 2.05) is 30.3 Å². The molecule has 4 rings (SSSR count). The van der Waals surface area contributed by atoms with Crippen LogP contribution in [0.3, 0.4) is 0 Å². The molecule has 0 bridgehead atoms. The van der Waals surface area contributed by atoms with E-state index in [1.165, 1.54) is 12.1 Å². The molecule has 0 spiro atoms. The second-order valence-corrected chi connectivity index (χ2v) is 11.8. The summed E-state index contributed by atoms with van der Waals surface area (Å²) in [5, 5.41) is 3.89. The highest BCUT2D eigenvalue weighted by atomic mass is 32.2. The second-order valence-electron chi connectivity index (χ2n) is 9.05. The van der Waals surface area contributed by atoms with Crippen molar-refractivity contribution in [2.45, 2.75) is 50.0 Å². The van der Waals surface area contributed by atoms with E-state index in [1.54, 1.807) is 44.2 Å². The van der Waals surface area contributed by atoms with Gasteiger partial charge in [-0.25, -0.2) is 18.1 Å². The van der Waals surface area contributed by atoms with Gasteiger partial charge in [-0.1, -0.05) is 30.4 Å². The molecule has 1 amide bonds. The SMILES string of the molecule is CC(C)(C)NS(=O)(=O)c1cccc(NC(=O)C2CC=CCC2c2nc3ccccc3s2)c1. The maximum absolute atomic E-state index is 13.2. The first-order valence-electron chi connectivity index (χ1n) is 10.6. The summed E-state index contributed by atoms with van der Waals surface area (Å²) < 4.78 is 29.1. The van der Waals surface area contributed by atoms with Crippen LogP contribution in [0.1, 0.15) is 44.5 Å². The Bertz CT molecular complexity index is 1240.